The molecule has 0 bridgehead atoms. The molecule has 2 rings (SSSR count). The zero-order valence-corrected chi connectivity index (χ0v) is 13.5. The number of carbonyl (C=O) groups is 1. The van der Waals surface area contributed by atoms with Crippen LogP contribution >= 0.6 is 0 Å². The van der Waals surface area contributed by atoms with Crippen LogP contribution in [0.25, 0.3) is 0 Å². The average Bonchev–Trinajstić information content (AvgIpc) is 2.66. The highest BCUT2D eigenvalue weighted by molar-refractivity contribution is 5.87. The maximum absolute atomic E-state index is 10.9. The lowest BCUT2D eigenvalue weighted by Crippen LogP contribution is -2.43. The first kappa shape index (κ1) is 16.0. The maximum atomic E-state index is 10.9. The Kier molecular flexibility index (Phi) is 4.69. The summed E-state index contributed by atoms with van der Waals surface area (Å²) in [6.07, 6.45) is 1.24. The van der Waals surface area contributed by atoms with E-state index in [1.54, 1.807) is 12.1 Å². The monoisotopic (exact) mass is 290 g/mol. The molecule has 116 valence electrons. The second kappa shape index (κ2) is 6.16. The molecule has 0 radical (unpaired) electrons. The number of aromatic carboxylic acids is 1. The summed E-state index contributed by atoms with van der Waals surface area (Å²) in [4.78, 5) is 15.6. The third-order valence-corrected chi connectivity index (χ3v) is 4.98. The fraction of sp³-hybridized carbons (Fsp3) is 0.588. The van der Waals surface area contributed by atoms with Crippen molar-refractivity contribution in [3.8, 4) is 0 Å². The van der Waals surface area contributed by atoms with Gasteiger partial charge in [0.2, 0.25) is 0 Å². The Morgan fingerprint density at radius 1 is 1.38 bits per heavy atom. The van der Waals surface area contributed by atoms with Gasteiger partial charge in [-0.15, -0.1) is 0 Å². The van der Waals surface area contributed by atoms with Crippen molar-refractivity contribution < 1.29 is 9.90 Å². The van der Waals surface area contributed by atoms with E-state index in [1.807, 2.05) is 12.1 Å². The predicted octanol–water partition coefficient (Wildman–Crippen LogP) is 2.55. The van der Waals surface area contributed by atoms with E-state index in [0.717, 1.165) is 18.7 Å². The smallest absolute Gasteiger partial charge is 0.335 e. The Hall–Kier alpha value is -1.39. The lowest BCUT2D eigenvalue weighted by atomic mass is 9.88. The molecule has 1 N–H and O–H groups in total. The van der Waals surface area contributed by atoms with Crippen LogP contribution in [0.3, 0.4) is 0 Å². The van der Waals surface area contributed by atoms with Gasteiger partial charge in [0.15, 0.2) is 0 Å². The van der Waals surface area contributed by atoms with Crippen LogP contribution in [0.1, 0.15) is 36.2 Å². The summed E-state index contributed by atoms with van der Waals surface area (Å²) in [6.45, 7) is 7.73. The Balaban J connectivity index is 1.93. The molecule has 0 amide bonds. The molecule has 1 aliphatic rings. The average molecular weight is 290 g/mol. The summed E-state index contributed by atoms with van der Waals surface area (Å²) >= 11 is 0. The molecule has 1 saturated heterocycles. The molecule has 1 aliphatic heterocycles. The highest BCUT2D eigenvalue weighted by atomic mass is 16.4. The molecule has 0 spiro atoms. The summed E-state index contributed by atoms with van der Waals surface area (Å²) in [5.74, 6) is -0.198. The Labute approximate surface area is 127 Å². The van der Waals surface area contributed by atoms with Crippen LogP contribution in [0.5, 0.6) is 0 Å². The standard InChI is InChI=1S/C17H26N2O2/c1-17(2)15(9-10-19(17)4)12-18(3)11-13-5-7-14(8-6-13)16(20)21/h5-8,15H,9-12H2,1-4H3,(H,20,21). The van der Waals surface area contributed by atoms with Gasteiger partial charge in [-0.05, 0) is 64.5 Å². The molecule has 4 nitrogen and oxygen atoms in total. The van der Waals surface area contributed by atoms with Crippen molar-refractivity contribution in [2.24, 2.45) is 5.92 Å². The summed E-state index contributed by atoms with van der Waals surface area (Å²) in [5.41, 5.74) is 1.76. The molecular formula is C17H26N2O2. The second-order valence-electron chi connectivity index (χ2n) is 6.76. The van der Waals surface area contributed by atoms with E-state index in [9.17, 15) is 4.79 Å². The van der Waals surface area contributed by atoms with Crippen LogP contribution in [0, 0.1) is 5.92 Å². The minimum absolute atomic E-state index is 0.251. The van der Waals surface area contributed by atoms with E-state index in [2.05, 4.69) is 37.7 Å². The topological polar surface area (TPSA) is 43.8 Å². The van der Waals surface area contributed by atoms with Gasteiger partial charge in [-0.1, -0.05) is 12.1 Å². The summed E-state index contributed by atoms with van der Waals surface area (Å²) in [5, 5.41) is 8.91. The molecule has 1 unspecified atom stereocenters. The molecule has 1 atom stereocenters. The van der Waals surface area contributed by atoms with Gasteiger partial charge >= 0.3 is 5.97 Å². The van der Waals surface area contributed by atoms with Gasteiger partial charge in [-0.2, -0.15) is 0 Å². The third kappa shape index (κ3) is 3.63. The number of benzene rings is 1. The number of carboxylic acids is 1. The van der Waals surface area contributed by atoms with E-state index >= 15 is 0 Å². The minimum atomic E-state index is -0.870. The van der Waals surface area contributed by atoms with Gasteiger partial charge < -0.3 is 14.9 Å². The van der Waals surface area contributed by atoms with Crippen LogP contribution in [0.2, 0.25) is 0 Å². The van der Waals surface area contributed by atoms with Crippen LogP contribution in [-0.4, -0.2) is 53.6 Å². The molecule has 1 aromatic rings. The molecule has 1 fully saturated rings. The van der Waals surface area contributed by atoms with Crippen LogP contribution in [0.4, 0.5) is 0 Å². The van der Waals surface area contributed by atoms with Crippen LogP contribution < -0.4 is 0 Å². The fourth-order valence-electron chi connectivity index (χ4n) is 3.12. The first-order chi connectivity index (χ1) is 9.80. The van der Waals surface area contributed by atoms with Gasteiger partial charge in [0.25, 0.3) is 0 Å². The highest BCUT2D eigenvalue weighted by Gasteiger charge is 2.39. The van der Waals surface area contributed by atoms with Gasteiger partial charge in [-0.25, -0.2) is 4.79 Å². The zero-order valence-electron chi connectivity index (χ0n) is 13.5. The van der Waals surface area contributed by atoms with Gasteiger partial charge in [-0.3, -0.25) is 0 Å². The van der Waals surface area contributed by atoms with E-state index in [0.29, 0.717) is 11.5 Å². The van der Waals surface area contributed by atoms with Crippen LogP contribution in [-0.2, 0) is 6.54 Å². The third-order valence-electron chi connectivity index (χ3n) is 4.98. The zero-order chi connectivity index (χ0) is 15.6. The first-order valence-electron chi connectivity index (χ1n) is 7.52. The van der Waals surface area contributed by atoms with E-state index in [4.69, 9.17) is 5.11 Å². The van der Waals surface area contributed by atoms with Gasteiger partial charge in [0.1, 0.15) is 0 Å². The molecular weight excluding hydrogens is 264 g/mol. The molecule has 0 aliphatic carbocycles. The highest BCUT2D eigenvalue weighted by Crippen LogP contribution is 2.33. The Morgan fingerprint density at radius 2 is 2.00 bits per heavy atom. The Bertz CT molecular complexity index is 496. The molecule has 1 aromatic carbocycles. The summed E-state index contributed by atoms with van der Waals surface area (Å²) in [7, 11) is 4.34. The first-order valence-corrected chi connectivity index (χ1v) is 7.52. The van der Waals surface area contributed by atoms with Crippen molar-refractivity contribution in [2.75, 3.05) is 27.2 Å². The van der Waals surface area contributed by atoms with Gasteiger partial charge in [0.05, 0.1) is 5.56 Å². The molecule has 21 heavy (non-hydrogen) atoms. The van der Waals surface area contributed by atoms with Crippen molar-refractivity contribution >= 4 is 5.97 Å². The summed E-state index contributed by atoms with van der Waals surface area (Å²) in [6, 6.07) is 7.18. The lowest BCUT2D eigenvalue weighted by Gasteiger charge is -2.35. The number of likely N-dealkylation sites (tertiary alicyclic amines) is 1. The number of nitrogens with zero attached hydrogens (tertiary/aromatic N) is 2. The lowest BCUT2D eigenvalue weighted by molar-refractivity contribution is 0.0697. The Morgan fingerprint density at radius 3 is 2.48 bits per heavy atom. The normalized spacial score (nSPS) is 21.9. The molecule has 0 saturated carbocycles. The van der Waals surface area contributed by atoms with Crippen molar-refractivity contribution in [2.45, 2.75) is 32.4 Å². The maximum Gasteiger partial charge on any atom is 0.335 e. The fourth-order valence-corrected chi connectivity index (χ4v) is 3.12. The van der Waals surface area contributed by atoms with Crippen molar-refractivity contribution in [1.82, 2.24) is 9.80 Å². The van der Waals surface area contributed by atoms with E-state index < -0.39 is 5.97 Å². The number of hydrogen-bond donors (Lipinski definition) is 1. The van der Waals surface area contributed by atoms with Gasteiger partial charge in [0, 0.05) is 18.6 Å². The number of rotatable bonds is 5. The quantitative estimate of drug-likeness (QED) is 0.905. The SMILES string of the molecule is CN(Cc1ccc(C(=O)O)cc1)CC1CCN(C)C1(C)C. The number of carboxylic acid groups (broad SMARTS) is 1. The predicted molar refractivity (Wildman–Crippen MR) is 84.6 cm³/mol. The van der Waals surface area contributed by atoms with Crippen molar-refractivity contribution in [3.05, 3.63) is 35.4 Å². The molecule has 4 heteroatoms. The largest absolute Gasteiger partial charge is 0.478 e. The number of hydrogen-bond acceptors (Lipinski definition) is 3. The molecule has 0 aromatic heterocycles. The van der Waals surface area contributed by atoms with Crippen molar-refractivity contribution in [1.29, 1.82) is 0 Å². The van der Waals surface area contributed by atoms with E-state index in [1.165, 1.54) is 13.0 Å². The minimum Gasteiger partial charge on any atom is -0.478 e. The van der Waals surface area contributed by atoms with E-state index in [-0.39, 0.29) is 5.54 Å². The summed E-state index contributed by atoms with van der Waals surface area (Å²) < 4.78 is 0. The molecule has 1 heterocycles. The second-order valence-corrected chi connectivity index (χ2v) is 6.76. The van der Waals surface area contributed by atoms with Crippen LogP contribution in [0.15, 0.2) is 24.3 Å². The van der Waals surface area contributed by atoms with Crippen molar-refractivity contribution in [3.63, 3.8) is 0 Å².